The number of imidazole rings is 1. The van der Waals surface area contributed by atoms with Crippen molar-refractivity contribution in [2.45, 2.75) is 57.4 Å². The van der Waals surface area contributed by atoms with Gasteiger partial charge in [-0.15, -0.1) is 0 Å². The van der Waals surface area contributed by atoms with Crippen LogP contribution in [0.3, 0.4) is 0 Å². The third kappa shape index (κ3) is 3.88. The van der Waals surface area contributed by atoms with Crippen LogP contribution in [0.5, 0.6) is 0 Å². The molecule has 4 rings (SSSR count). The molecule has 1 saturated carbocycles. The summed E-state index contributed by atoms with van der Waals surface area (Å²) in [7, 11) is 1.73. The Balaban J connectivity index is 1.56. The minimum Gasteiger partial charge on any atom is -0.396 e. The highest BCUT2D eigenvalue weighted by atomic mass is 16.3. The van der Waals surface area contributed by atoms with E-state index in [-0.39, 0.29) is 24.6 Å². The standard InChI is InChI=1S/C22H29N3O4/c1-24-19-13-16(12-15-4-2-14(3-5-15)10-11-26)6-7-17(19)25(22(24)29)18-8-9-20(27)23-21(18)28/h6-7,13-15,18,26H,2-5,8-12H2,1H3,(H,23,27,28). The summed E-state index contributed by atoms with van der Waals surface area (Å²) in [6.07, 6.45) is 7.21. The maximum Gasteiger partial charge on any atom is 0.329 e. The monoisotopic (exact) mass is 399 g/mol. The van der Waals surface area contributed by atoms with Gasteiger partial charge in [0.25, 0.3) is 0 Å². The van der Waals surface area contributed by atoms with E-state index in [1.165, 1.54) is 35.8 Å². The summed E-state index contributed by atoms with van der Waals surface area (Å²) in [5, 5.41) is 11.5. The first-order chi connectivity index (χ1) is 14.0. The third-order valence-electron chi connectivity index (χ3n) is 6.70. The van der Waals surface area contributed by atoms with E-state index in [4.69, 9.17) is 5.11 Å². The summed E-state index contributed by atoms with van der Waals surface area (Å²) in [5.41, 5.74) is 2.55. The summed E-state index contributed by atoms with van der Waals surface area (Å²) >= 11 is 0. The number of aryl methyl sites for hydroxylation is 1. The Bertz CT molecular complexity index is 982. The van der Waals surface area contributed by atoms with Gasteiger partial charge in [-0.3, -0.25) is 24.0 Å². The van der Waals surface area contributed by atoms with Crippen molar-refractivity contribution in [3.63, 3.8) is 0 Å². The number of aliphatic hydroxyl groups excluding tert-OH is 1. The molecule has 1 aromatic heterocycles. The Labute approximate surface area is 169 Å². The number of rotatable bonds is 5. The van der Waals surface area contributed by atoms with Crippen molar-refractivity contribution in [2.24, 2.45) is 18.9 Å². The quantitative estimate of drug-likeness (QED) is 0.753. The van der Waals surface area contributed by atoms with Crippen LogP contribution in [0.15, 0.2) is 23.0 Å². The van der Waals surface area contributed by atoms with Crippen LogP contribution in [0, 0.1) is 11.8 Å². The molecule has 7 heteroatoms. The number of aliphatic hydroxyl groups is 1. The molecule has 2 fully saturated rings. The van der Waals surface area contributed by atoms with Gasteiger partial charge in [0.15, 0.2) is 0 Å². The fourth-order valence-corrected chi connectivity index (χ4v) is 5.01. The summed E-state index contributed by atoms with van der Waals surface area (Å²) in [5.74, 6) is 0.605. The van der Waals surface area contributed by atoms with Crippen LogP contribution in [-0.4, -0.2) is 32.7 Å². The van der Waals surface area contributed by atoms with Gasteiger partial charge in [-0.2, -0.15) is 0 Å². The van der Waals surface area contributed by atoms with Crippen LogP contribution in [0.25, 0.3) is 11.0 Å². The highest BCUT2D eigenvalue weighted by molar-refractivity contribution is 6.00. The van der Waals surface area contributed by atoms with E-state index in [1.807, 2.05) is 6.07 Å². The number of piperidine rings is 1. The fraction of sp³-hybridized carbons (Fsp3) is 0.591. The van der Waals surface area contributed by atoms with Crippen molar-refractivity contribution in [1.29, 1.82) is 0 Å². The number of imide groups is 1. The molecule has 2 amide bonds. The van der Waals surface area contributed by atoms with Gasteiger partial charge >= 0.3 is 5.69 Å². The van der Waals surface area contributed by atoms with E-state index in [0.29, 0.717) is 18.3 Å². The van der Waals surface area contributed by atoms with Crippen LogP contribution in [0.4, 0.5) is 0 Å². The lowest BCUT2D eigenvalue weighted by Gasteiger charge is -2.28. The molecule has 1 aromatic carbocycles. The van der Waals surface area contributed by atoms with E-state index in [1.54, 1.807) is 11.6 Å². The molecular formula is C22H29N3O4. The zero-order chi connectivity index (χ0) is 20.5. The average Bonchev–Trinajstić information content (AvgIpc) is 2.94. The molecule has 1 saturated heterocycles. The topological polar surface area (TPSA) is 93.3 Å². The van der Waals surface area contributed by atoms with Crippen molar-refractivity contribution in [2.75, 3.05) is 6.61 Å². The first-order valence-electron chi connectivity index (χ1n) is 10.6. The normalized spacial score (nSPS) is 25.4. The Morgan fingerprint density at radius 1 is 1.03 bits per heavy atom. The van der Waals surface area contributed by atoms with E-state index in [2.05, 4.69) is 17.4 Å². The number of carbonyl (C=O) groups excluding carboxylic acids is 2. The van der Waals surface area contributed by atoms with Crippen LogP contribution < -0.4 is 11.0 Å². The maximum absolute atomic E-state index is 12.9. The van der Waals surface area contributed by atoms with Crippen molar-refractivity contribution < 1.29 is 14.7 Å². The highest BCUT2D eigenvalue weighted by Crippen LogP contribution is 2.33. The first-order valence-corrected chi connectivity index (χ1v) is 10.6. The van der Waals surface area contributed by atoms with E-state index in [9.17, 15) is 14.4 Å². The minimum absolute atomic E-state index is 0.226. The molecular weight excluding hydrogens is 370 g/mol. The Kier molecular flexibility index (Phi) is 5.58. The van der Waals surface area contributed by atoms with Gasteiger partial charge in [-0.1, -0.05) is 18.9 Å². The van der Waals surface area contributed by atoms with Crippen LogP contribution in [0.2, 0.25) is 0 Å². The van der Waals surface area contributed by atoms with E-state index in [0.717, 1.165) is 23.9 Å². The lowest BCUT2D eigenvalue weighted by molar-refractivity contribution is -0.135. The number of fused-ring (bicyclic) bond motifs is 1. The van der Waals surface area contributed by atoms with Crippen LogP contribution in [0.1, 0.15) is 56.6 Å². The average molecular weight is 399 g/mol. The molecule has 0 radical (unpaired) electrons. The molecule has 0 spiro atoms. The van der Waals surface area contributed by atoms with Crippen molar-refractivity contribution >= 4 is 22.8 Å². The van der Waals surface area contributed by atoms with Gasteiger partial charge in [-0.05, 0) is 61.6 Å². The summed E-state index contributed by atoms with van der Waals surface area (Å²) in [6.45, 7) is 0.282. The molecule has 7 nitrogen and oxygen atoms in total. The minimum atomic E-state index is -0.642. The predicted molar refractivity (Wildman–Crippen MR) is 109 cm³/mol. The molecule has 2 aromatic rings. The summed E-state index contributed by atoms with van der Waals surface area (Å²) < 4.78 is 3.13. The van der Waals surface area contributed by atoms with Gasteiger partial charge in [0.05, 0.1) is 11.0 Å². The lowest BCUT2D eigenvalue weighted by atomic mass is 9.78. The number of hydrogen-bond donors (Lipinski definition) is 2. The van der Waals surface area contributed by atoms with Gasteiger partial charge in [0.2, 0.25) is 11.8 Å². The second kappa shape index (κ2) is 8.14. The molecule has 2 N–H and O–H groups in total. The number of benzene rings is 1. The summed E-state index contributed by atoms with van der Waals surface area (Å²) in [6, 6.07) is 5.42. The zero-order valence-corrected chi connectivity index (χ0v) is 16.9. The molecule has 1 unspecified atom stereocenters. The van der Waals surface area contributed by atoms with Crippen molar-refractivity contribution in [3.8, 4) is 0 Å². The van der Waals surface area contributed by atoms with Gasteiger partial charge < -0.3 is 5.11 Å². The number of nitrogens with one attached hydrogen (secondary N) is 1. The Morgan fingerprint density at radius 2 is 1.76 bits per heavy atom. The van der Waals surface area contributed by atoms with E-state index >= 15 is 0 Å². The van der Waals surface area contributed by atoms with Crippen LogP contribution in [-0.2, 0) is 23.1 Å². The van der Waals surface area contributed by atoms with Crippen molar-refractivity contribution in [3.05, 3.63) is 34.2 Å². The van der Waals surface area contributed by atoms with Crippen LogP contribution >= 0.6 is 0 Å². The Hall–Kier alpha value is -2.41. The largest absolute Gasteiger partial charge is 0.396 e. The molecule has 1 aliphatic heterocycles. The lowest BCUT2D eigenvalue weighted by Crippen LogP contribution is -2.44. The SMILES string of the molecule is Cn1c(=O)n(C2CCC(=O)NC2=O)c2ccc(CC3CCC(CCO)CC3)cc21. The molecule has 1 aliphatic carbocycles. The van der Waals surface area contributed by atoms with Gasteiger partial charge in [-0.25, -0.2) is 4.79 Å². The second-order valence-corrected chi connectivity index (χ2v) is 8.60. The van der Waals surface area contributed by atoms with Crippen molar-refractivity contribution in [1.82, 2.24) is 14.5 Å². The predicted octanol–water partition coefficient (Wildman–Crippen LogP) is 2.05. The fourth-order valence-electron chi connectivity index (χ4n) is 5.01. The molecule has 156 valence electrons. The van der Waals surface area contributed by atoms with E-state index < -0.39 is 11.9 Å². The highest BCUT2D eigenvalue weighted by Gasteiger charge is 2.31. The third-order valence-corrected chi connectivity index (χ3v) is 6.70. The Morgan fingerprint density at radius 3 is 2.45 bits per heavy atom. The number of hydrogen-bond acceptors (Lipinski definition) is 4. The molecule has 1 atom stereocenters. The second-order valence-electron chi connectivity index (χ2n) is 8.60. The van der Waals surface area contributed by atoms with Gasteiger partial charge in [0.1, 0.15) is 6.04 Å². The molecule has 0 bridgehead atoms. The number of aromatic nitrogens is 2. The number of amides is 2. The first kappa shape index (κ1) is 19.9. The number of carbonyl (C=O) groups is 2. The van der Waals surface area contributed by atoms with Gasteiger partial charge in [0, 0.05) is 20.1 Å². The zero-order valence-electron chi connectivity index (χ0n) is 16.9. The number of nitrogens with zero attached hydrogens (tertiary/aromatic N) is 2. The summed E-state index contributed by atoms with van der Waals surface area (Å²) in [4.78, 5) is 36.6. The molecule has 2 aliphatic rings. The smallest absolute Gasteiger partial charge is 0.329 e. The maximum atomic E-state index is 12.9. The molecule has 29 heavy (non-hydrogen) atoms. The molecule has 2 heterocycles.